The lowest BCUT2D eigenvalue weighted by Gasteiger charge is -2.16. The molecule has 0 spiro atoms. The Labute approximate surface area is 105 Å². The Morgan fingerprint density at radius 2 is 1.65 bits per heavy atom. The van der Waals surface area contributed by atoms with Gasteiger partial charge in [-0.05, 0) is 12.1 Å². The second kappa shape index (κ2) is 5.97. The summed E-state index contributed by atoms with van der Waals surface area (Å²) in [6.45, 7) is 0. The summed E-state index contributed by atoms with van der Waals surface area (Å²) in [5.74, 6) is -1.45. The zero-order chi connectivity index (χ0) is 12.3. The van der Waals surface area contributed by atoms with E-state index in [1.54, 1.807) is 6.07 Å². The molecule has 17 heavy (non-hydrogen) atoms. The number of halogens is 1. The second-order valence-corrected chi connectivity index (χ2v) is 5.29. The van der Waals surface area contributed by atoms with Crippen LogP contribution in [0.5, 0.6) is 0 Å². The number of sulfone groups is 1. The summed E-state index contributed by atoms with van der Waals surface area (Å²) < 4.78 is 23.6. The van der Waals surface area contributed by atoms with Crippen LogP contribution in [0.3, 0.4) is 0 Å². The molecule has 1 rings (SSSR count). The zero-order valence-corrected chi connectivity index (χ0v) is 10.3. The molecule has 0 aliphatic rings. The Morgan fingerprint density at radius 1 is 1.18 bits per heavy atom. The Morgan fingerprint density at radius 3 is 2.06 bits per heavy atom. The third-order valence-corrected chi connectivity index (χ3v) is 4.01. The highest BCUT2D eigenvalue weighted by Crippen LogP contribution is 2.14. The van der Waals surface area contributed by atoms with Gasteiger partial charge >= 0.3 is 5.97 Å². The average molecular weight is 281 g/mol. The van der Waals surface area contributed by atoms with E-state index in [9.17, 15) is 13.2 Å². The maximum atomic E-state index is 11.8. The highest BCUT2D eigenvalue weighted by Gasteiger charge is 2.33. The van der Waals surface area contributed by atoms with Crippen molar-refractivity contribution in [3.8, 4) is 0 Å². The van der Waals surface area contributed by atoms with Crippen LogP contribution in [0.1, 0.15) is 0 Å². The summed E-state index contributed by atoms with van der Waals surface area (Å²) in [6.07, 6.45) is 0. The normalized spacial score (nSPS) is 14.5. The van der Waals surface area contributed by atoms with Gasteiger partial charge in [0, 0.05) is 0 Å². The van der Waals surface area contributed by atoms with E-state index in [2.05, 4.69) is 0 Å². The van der Waals surface area contributed by atoms with Crippen LogP contribution in [-0.4, -0.2) is 30.9 Å². The molecule has 6 nitrogen and oxygen atoms in total. The van der Waals surface area contributed by atoms with Gasteiger partial charge in [-0.25, -0.2) is 8.42 Å². The van der Waals surface area contributed by atoms with Gasteiger partial charge in [0.2, 0.25) is 0 Å². The van der Waals surface area contributed by atoms with Crippen molar-refractivity contribution in [1.82, 2.24) is 0 Å². The predicted molar refractivity (Wildman–Crippen MR) is 64.5 cm³/mol. The number of hydrogen-bond donors (Lipinski definition) is 3. The highest BCUT2D eigenvalue weighted by molar-refractivity contribution is 7.92. The van der Waals surface area contributed by atoms with Gasteiger partial charge in [-0.2, -0.15) is 0 Å². The van der Waals surface area contributed by atoms with Crippen molar-refractivity contribution in [2.45, 2.75) is 16.3 Å². The maximum absolute atomic E-state index is 11.8. The summed E-state index contributed by atoms with van der Waals surface area (Å²) in [7, 11) is -3.91. The molecule has 1 aromatic rings. The van der Waals surface area contributed by atoms with Crippen LogP contribution in [-0.2, 0) is 14.6 Å². The molecule has 0 fully saturated rings. The standard InChI is InChI=1S/C9H12N2O4S.ClH/c10-7(9(12)13)8(11)16(14,15)6-4-2-1-3-5-6;/h1-5,7-8H,10-11H2,(H,12,13);1H. The molecule has 0 amide bonds. The quantitative estimate of drug-likeness (QED) is 0.688. The van der Waals surface area contributed by atoms with Crippen LogP contribution < -0.4 is 11.5 Å². The minimum absolute atomic E-state index is 0. The van der Waals surface area contributed by atoms with Crippen molar-refractivity contribution in [2.75, 3.05) is 0 Å². The predicted octanol–water partition coefficient (Wildman–Crippen LogP) is -0.421. The second-order valence-electron chi connectivity index (χ2n) is 3.19. The molecular weight excluding hydrogens is 268 g/mol. The zero-order valence-electron chi connectivity index (χ0n) is 8.68. The molecule has 0 aliphatic heterocycles. The van der Waals surface area contributed by atoms with Crippen LogP contribution in [0, 0.1) is 0 Å². The fourth-order valence-corrected chi connectivity index (χ4v) is 2.45. The van der Waals surface area contributed by atoms with Gasteiger partial charge in [-0.15, -0.1) is 12.4 Å². The highest BCUT2D eigenvalue weighted by atomic mass is 35.5. The van der Waals surface area contributed by atoms with E-state index in [0.29, 0.717) is 0 Å². The molecule has 0 bridgehead atoms. The molecule has 0 saturated carbocycles. The van der Waals surface area contributed by atoms with Crippen LogP contribution in [0.4, 0.5) is 0 Å². The molecule has 0 aromatic heterocycles. The number of nitrogens with two attached hydrogens (primary N) is 2. The largest absolute Gasteiger partial charge is 0.480 e. The minimum atomic E-state index is -3.91. The van der Waals surface area contributed by atoms with E-state index < -0.39 is 27.2 Å². The van der Waals surface area contributed by atoms with Gasteiger partial charge in [0.15, 0.2) is 9.84 Å². The fourth-order valence-electron chi connectivity index (χ4n) is 1.10. The summed E-state index contributed by atoms with van der Waals surface area (Å²) in [4.78, 5) is 10.5. The summed E-state index contributed by atoms with van der Waals surface area (Å²) >= 11 is 0. The first-order chi connectivity index (χ1) is 7.37. The molecule has 2 unspecified atom stereocenters. The van der Waals surface area contributed by atoms with Crippen LogP contribution >= 0.6 is 12.4 Å². The van der Waals surface area contributed by atoms with Crippen molar-refractivity contribution in [3.05, 3.63) is 30.3 Å². The van der Waals surface area contributed by atoms with E-state index in [1.807, 2.05) is 0 Å². The average Bonchev–Trinajstić information content (AvgIpc) is 2.28. The number of benzene rings is 1. The van der Waals surface area contributed by atoms with Crippen molar-refractivity contribution < 1.29 is 18.3 Å². The molecule has 8 heteroatoms. The first-order valence-corrected chi connectivity index (χ1v) is 5.95. The Bertz CT molecular complexity index is 477. The van der Waals surface area contributed by atoms with Crippen molar-refractivity contribution in [3.63, 3.8) is 0 Å². The van der Waals surface area contributed by atoms with Crippen molar-refractivity contribution in [1.29, 1.82) is 0 Å². The smallest absolute Gasteiger partial charge is 0.323 e. The molecule has 5 N–H and O–H groups in total. The lowest BCUT2D eigenvalue weighted by molar-refractivity contribution is -0.138. The van der Waals surface area contributed by atoms with Gasteiger partial charge in [-0.1, -0.05) is 18.2 Å². The van der Waals surface area contributed by atoms with Gasteiger partial charge in [0.1, 0.15) is 11.4 Å². The lowest BCUT2D eigenvalue weighted by atomic mass is 10.3. The van der Waals surface area contributed by atoms with Gasteiger partial charge in [-0.3, -0.25) is 4.79 Å². The van der Waals surface area contributed by atoms with E-state index in [1.165, 1.54) is 24.3 Å². The number of carboxylic acids is 1. The molecule has 0 heterocycles. The van der Waals surface area contributed by atoms with Crippen molar-refractivity contribution >= 4 is 28.2 Å². The summed E-state index contributed by atoms with van der Waals surface area (Å²) in [5.41, 5.74) is 10.5. The van der Waals surface area contributed by atoms with Crippen LogP contribution in [0.2, 0.25) is 0 Å². The van der Waals surface area contributed by atoms with E-state index in [-0.39, 0.29) is 17.3 Å². The molecular formula is C9H13ClN2O4S. The van der Waals surface area contributed by atoms with Crippen LogP contribution in [0.25, 0.3) is 0 Å². The molecule has 0 radical (unpaired) electrons. The molecule has 2 atom stereocenters. The Hall–Kier alpha value is -1.15. The van der Waals surface area contributed by atoms with E-state index in [4.69, 9.17) is 16.6 Å². The number of rotatable bonds is 4. The molecule has 0 aliphatic carbocycles. The Kier molecular flexibility index (Phi) is 5.56. The third kappa shape index (κ3) is 3.40. The molecule has 96 valence electrons. The van der Waals surface area contributed by atoms with Crippen LogP contribution in [0.15, 0.2) is 35.2 Å². The SMILES string of the molecule is Cl.NC(C(=O)O)C(N)S(=O)(=O)c1ccccc1. The Balaban J connectivity index is 0.00000256. The van der Waals surface area contributed by atoms with Gasteiger partial charge in [0.05, 0.1) is 4.90 Å². The lowest BCUT2D eigenvalue weighted by Crippen LogP contribution is -2.51. The third-order valence-electron chi connectivity index (χ3n) is 2.07. The fraction of sp³-hybridized carbons (Fsp3) is 0.222. The summed E-state index contributed by atoms with van der Waals surface area (Å²) in [6, 6.07) is 5.71. The minimum Gasteiger partial charge on any atom is -0.480 e. The number of aliphatic carboxylic acids is 1. The van der Waals surface area contributed by atoms with E-state index >= 15 is 0 Å². The number of carbonyl (C=O) groups is 1. The molecule has 1 aromatic carbocycles. The molecule has 0 saturated heterocycles. The number of carboxylic acid groups (broad SMARTS) is 1. The maximum Gasteiger partial charge on any atom is 0.323 e. The van der Waals surface area contributed by atoms with Gasteiger partial charge in [0.25, 0.3) is 0 Å². The summed E-state index contributed by atoms with van der Waals surface area (Å²) in [5, 5.41) is 6.93. The first-order valence-electron chi connectivity index (χ1n) is 4.40. The monoisotopic (exact) mass is 280 g/mol. The van der Waals surface area contributed by atoms with Crippen molar-refractivity contribution in [2.24, 2.45) is 11.5 Å². The number of hydrogen-bond acceptors (Lipinski definition) is 5. The van der Waals surface area contributed by atoms with Gasteiger partial charge < -0.3 is 16.6 Å². The topological polar surface area (TPSA) is 123 Å². The van der Waals surface area contributed by atoms with E-state index in [0.717, 1.165) is 0 Å². The first kappa shape index (κ1) is 15.9.